The molecule has 280 valence electrons. The summed E-state index contributed by atoms with van der Waals surface area (Å²) in [5.74, 6) is 0.179. The fraction of sp³-hybridized carbons (Fsp3) is 0.927. The average molecular weight is 668 g/mol. The normalized spacial score (nSPS) is 14.6. The van der Waals surface area contributed by atoms with Gasteiger partial charge in [-0.25, -0.2) is 0 Å². The number of aliphatic hydroxyl groups excluding tert-OH is 4. The molecule has 0 fully saturated rings. The molecule has 4 unspecified atom stereocenters. The summed E-state index contributed by atoms with van der Waals surface area (Å²) >= 11 is 0. The maximum absolute atomic E-state index is 12.4. The number of hydrogen-bond donors (Lipinski definition) is 5. The largest absolute Gasteiger partial charge is 0.394 e. The van der Waals surface area contributed by atoms with E-state index in [1.165, 1.54) is 141 Å². The predicted molar refractivity (Wildman–Crippen MR) is 201 cm³/mol. The number of carbonyl (C=O) groups excluding carboxylic acids is 1. The van der Waals surface area contributed by atoms with Crippen LogP contribution in [0.5, 0.6) is 0 Å². The number of rotatable bonds is 36. The van der Waals surface area contributed by atoms with Crippen LogP contribution >= 0.6 is 0 Å². The lowest BCUT2D eigenvalue weighted by Crippen LogP contribution is -2.53. The lowest BCUT2D eigenvalue weighted by atomic mass is 9.99. The van der Waals surface area contributed by atoms with Gasteiger partial charge in [0, 0.05) is 6.42 Å². The van der Waals surface area contributed by atoms with E-state index in [1.54, 1.807) is 0 Å². The zero-order chi connectivity index (χ0) is 34.8. The third-order valence-electron chi connectivity index (χ3n) is 9.67. The van der Waals surface area contributed by atoms with Crippen LogP contribution in [0.25, 0.3) is 0 Å². The summed E-state index contributed by atoms with van der Waals surface area (Å²) in [6.45, 7) is 6.35. The molecule has 0 aromatic heterocycles. The van der Waals surface area contributed by atoms with E-state index in [-0.39, 0.29) is 6.42 Å². The molecule has 6 nitrogen and oxygen atoms in total. The van der Waals surface area contributed by atoms with Gasteiger partial charge in [0.05, 0.1) is 18.8 Å². The Labute approximate surface area is 292 Å². The summed E-state index contributed by atoms with van der Waals surface area (Å²) in [5.41, 5.74) is 0. The van der Waals surface area contributed by atoms with Crippen molar-refractivity contribution in [1.29, 1.82) is 0 Å². The van der Waals surface area contributed by atoms with Crippen molar-refractivity contribution in [1.82, 2.24) is 5.32 Å². The van der Waals surface area contributed by atoms with Gasteiger partial charge >= 0.3 is 0 Å². The van der Waals surface area contributed by atoms with E-state index < -0.39 is 36.9 Å². The highest BCUT2D eigenvalue weighted by atomic mass is 16.3. The van der Waals surface area contributed by atoms with E-state index in [0.717, 1.165) is 38.0 Å². The highest BCUT2D eigenvalue weighted by Gasteiger charge is 2.28. The lowest BCUT2D eigenvalue weighted by molar-refractivity contribution is -0.132. The molecule has 0 saturated heterocycles. The molecule has 5 N–H and O–H groups in total. The molecule has 47 heavy (non-hydrogen) atoms. The van der Waals surface area contributed by atoms with Gasteiger partial charge in [0.1, 0.15) is 12.2 Å². The first-order chi connectivity index (χ1) is 22.8. The highest BCUT2D eigenvalue weighted by molar-refractivity contribution is 5.81. The van der Waals surface area contributed by atoms with Crippen molar-refractivity contribution in [2.75, 3.05) is 6.61 Å². The van der Waals surface area contributed by atoms with E-state index in [9.17, 15) is 25.2 Å². The fourth-order valence-electron chi connectivity index (χ4n) is 6.36. The van der Waals surface area contributed by atoms with Crippen LogP contribution in [-0.4, -0.2) is 57.3 Å². The summed E-state index contributed by atoms with van der Waals surface area (Å²) in [6.07, 6.45) is 35.4. The van der Waals surface area contributed by atoms with Crippen LogP contribution in [0.15, 0.2) is 12.2 Å². The fourth-order valence-corrected chi connectivity index (χ4v) is 6.36. The number of carbonyl (C=O) groups is 1. The van der Waals surface area contributed by atoms with Crippen LogP contribution in [0.3, 0.4) is 0 Å². The second-order valence-electron chi connectivity index (χ2n) is 14.8. The lowest BCUT2D eigenvalue weighted by Gasteiger charge is -2.27. The molecule has 0 saturated carbocycles. The predicted octanol–water partition coefficient (Wildman–Crippen LogP) is 10.1. The van der Waals surface area contributed by atoms with Crippen molar-refractivity contribution in [3.8, 4) is 0 Å². The number of amides is 1. The molecular formula is C41H81NO5. The maximum atomic E-state index is 12.4. The first-order valence-corrected chi connectivity index (χ1v) is 20.4. The Balaban J connectivity index is 3.80. The van der Waals surface area contributed by atoms with Gasteiger partial charge in [0.2, 0.25) is 5.91 Å². The Kier molecular flexibility index (Phi) is 34.2. The van der Waals surface area contributed by atoms with Crippen LogP contribution in [0.4, 0.5) is 0 Å². The van der Waals surface area contributed by atoms with Crippen LogP contribution in [0.1, 0.15) is 207 Å². The topological polar surface area (TPSA) is 110 Å². The van der Waals surface area contributed by atoms with Crippen molar-refractivity contribution in [3.63, 3.8) is 0 Å². The molecule has 0 aliphatic carbocycles. The highest BCUT2D eigenvalue weighted by Crippen LogP contribution is 2.16. The smallest absolute Gasteiger partial charge is 0.249 e. The first kappa shape index (κ1) is 46.0. The minimum atomic E-state index is -1.27. The summed E-state index contributed by atoms with van der Waals surface area (Å²) in [5, 5.41) is 43.5. The minimum absolute atomic E-state index is 0.194. The number of hydrogen-bond acceptors (Lipinski definition) is 5. The minimum Gasteiger partial charge on any atom is -0.394 e. The van der Waals surface area contributed by atoms with E-state index in [0.29, 0.717) is 6.42 Å². The number of allylic oxidation sites excluding steroid dienone is 1. The van der Waals surface area contributed by atoms with Crippen LogP contribution in [0.2, 0.25) is 0 Å². The molecule has 0 bridgehead atoms. The zero-order valence-electron chi connectivity index (χ0n) is 31.5. The summed E-state index contributed by atoms with van der Waals surface area (Å²) < 4.78 is 0. The van der Waals surface area contributed by atoms with Gasteiger partial charge in [-0.1, -0.05) is 193 Å². The summed E-state index contributed by atoms with van der Waals surface area (Å²) in [6, 6.07) is -1.00. The van der Waals surface area contributed by atoms with Crippen molar-refractivity contribution in [3.05, 3.63) is 12.2 Å². The summed E-state index contributed by atoms with van der Waals surface area (Å²) in [7, 11) is 0. The maximum Gasteiger partial charge on any atom is 0.249 e. The number of aliphatic hydroxyl groups is 4. The van der Waals surface area contributed by atoms with Gasteiger partial charge < -0.3 is 25.7 Å². The molecule has 0 heterocycles. The molecule has 0 aromatic rings. The molecule has 0 aliphatic heterocycles. The van der Waals surface area contributed by atoms with Crippen molar-refractivity contribution >= 4 is 5.91 Å². The van der Waals surface area contributed by atoms with Crippen molar-refractivity contribution < 1.29 is 25.2 Å². The standard InChI is InChI=1S/C41H81NO5/c1-4-5-6-7-8-9-10-11-12-13-14-15-16-17-22-25-28-31-34-39(45)41(47)42-37(35-43)40(46)38(44)33-30-27-24-21-19-18-20-23-26-29-32-36(2)3/h28,31,36-40,43-46H,4-27,29-30,32-35H2,1-3H3,(H,42,47). The van der Waals surface area contributed by atoms with E-state index in [4.69, 9.17) is 0 Å². The van der Waals surface area contributed by atoms with E-state index >= 15 is 0 Å². The van der Waals surface area contributed by atoms with Gasteiger partial charge in [0.15, 0.2) is 0 Å². The van der Waals surface area contributed by atoms with E-state index in [2.05, 4.69) is 26.1 Å². The molecule has 0 aliphatic rings. The van der Waals surface area contributed by atoms with E-state index in [1.807, 2.05) is 12.2 Å². The average Bonchev–Trinajstić information content (AvgIpc) is 3.06. The number of nitrogens with one attached hydrogen (secondary N) is 1. The molecule has 0 radical (unpaired) electrons. The van der Waals surface area contributed by atoms with Gasteiger partial charge in [-0.2, -0.15) is 0 Å². The van der Waals surface area contributed by atoms with Crippen molar-refractivity contribution in [2.24, 2.45) is 5.92 Å². The first-order valence-electron chi connectivity index (χ1n) is 20.4. The van der Waals surface area contributed by atoms with Crippen LogP contribution < -0.4 is 5.32 Å². The van der Waals surface area contributed by atoms with Gasteiger partial charge in [-0.15, -0.1) is 0 Å². The second-order valence-corrected chi connectivity index (χ2v) is 14.8. The van der Waals surface area contributed by atoms with Crippen LogP contribution in [-0.2, 0) is 4.79 Å². The molecule has 0 aromatic carbocycles. The number of unbranched alkanes of at least 4 members (excludes halogenated alkanes) is 24. The Morgan fingerprint density at radius 1 is 0.574 bits per heavy atom. The Morgan fingerprint density at radius 2 is 0.979 bits per heavy atom. The Bertz CT molecular complexity index is 685. The third kappa shape index (κ3) is 30.8. The summed E-state index contributed by atoms with van der Waals surface area (Å²) in [4.78, 5) is 12.4. The molecule has 6 heteroatoms. The van der Waals surface area contributed by atoms with Gasteiger partial charge in [-0.3, -0.25) is 4.79 Å². The quantitative estimate of drug-likeness (QED) is 0.0337. The van der Waals surface area contributed by atoms with Gasteiger partial charge in [0.25, 0.3) is 0 Å². The monoisotopic (exact) mass is 668 g/mol. The van der Waals surface area contributed by atoms with Crippen molar-refractivity contribution in [2.45, 2.75) is 231 Å². The molecule has 0 rings (SSSR count). The molecule has 4 atom stereocenters. The zero-order valence-corrected chi connectivity index (χ0v) is 31.5. The molecule has 1 amide bonds. The second kappa shape index (κ2) is 34.9. The Hall–Kier alpha value is -0.950. The SMILES string of the molecule is CCCCCCCCCCCCCCCCCC=CCC(O)C(=O)NC(CO)C(O)C(O)CCCCCCCCCCCCC(C)C. The van der Waals surface area contributed by atoms with Crippen LogP contribution in [0, 0.1) is 5.92 Å². The Morgan fingerprint density at radius 3 is 1.40 bits per heavy atom. The molecular weight excluding hydrogens is 586 g/mol. The van der Waals surface area contributed by atoms with Gasteiger partial charge in [-0.05, 0) is 25.2 Å². The third-order valence-corrected chi connectivity index (χ3v) is 9.67. The molecule has 0 spiro atoms.